The highest BCUT2D eigenvalue weighted by Gasteiger charge is 2.60. The number of halogens is 2. The number of nitrogens with zero attached hydrogens (tertiary/aromatic N) is 1. The van der Waals surface area contributed by atoms with E-state index in [-0.39, 0.29) is 17.8 Å². The number of carbonyl (C=O) groups is 1. The van der Waals surface area contributed by atoms with Crippen molar-refractivity contribution in [3.63, 3.8) is 0 Å². The molecule has 1 fully saturated rings. The molecular formula is C29H27Cl2NO2. The highest BCUT2D eigenvalue weighted by atomic mass is 35.5. The molecule has 3 aromatic rings. The number of benzene rings is 3. The van der Waals surface area contributed by atoms with Gasteiger partial charge in [-0.15, -0.1) is 0 Å². The fraction of sp³-hybridized carbons (Fsp3) is 0.276. The van der Waals surface area contributed by atoms with Crippen LogP contribution in [0.5, 0.6) is 0 Å². The van der Waals surface area contributed by atoms with Crippen molar-refractivity contribution in [2.45, 2.75) is 18.9 Å². The van der Waals surface area contributed by atoms with Crippen LogP contribution in [-0.2, 0) is 16.1 Å². The Morgan fingerprint density at radius 3 is 2.38 bits per heavy atom. The summed E-state index contributed by atoms with van der Waals surface area (Å²) in [4.78, 5) is 16.1. The van der Waals surface area contributed by atoms with Crippen LogP contribution in [0, 0.1) is 11.3 Å². The van der Waals surface area contributed by atoms with Gasteiger partial charge in [0, 0.05) is 41.5 Å². The number of fused-ring (bicyclic) bond motifs is 1. The summed E-state index contributed by atoms with van der Waals surface area (Å²) in [6.45, 7) is 2.15. The van der Waals surface area contributed by atoms with E-state index in [1.807, 2.05) is 36.4 Å². The third-order valence-electron chi connectivity index (χ3n) is 7.38. The van der Waals surface area contributed by atoms with Crippen molar-refractivity contribution in [3.05, 3.63) is 112 Å². The Hall–Kier alpha value is -2.59. The molecule has 0 N–H and O–H groups in total. The lowest BCUT2D eigenvalue weighted by Gasteiger charge is -2.43. The first-order chi connectivity index (χ1) is 16.5. The summed E-state index contributed by atoms with van der Waals surface area (Å²) in [6, 6.07) is 26.4. The molecule has 0 radical (unpaired) electrons. The molecule has 3 nitrogen and oxygen atoms in total. The van der Waals surface area contributed by atoms with Gasteiger partial charge in [0.15, 0.2) is 0 Å². The third-order valence-corrected chi connectivity index (χ3v) is 7.92. The van der Waals surface area contributed by atoms with Crippen LogP contribution in [0.1, 0.15) is 29.0 Å². The van der Waals surface area contributed by atoms with Crippen molar-refractivity contribution in [2.24, 2.45) is 11.3 Å². The molecule has 1 aliphatic carbocycles. The summed E-state index contributed by atoms with van der Waals surface area (Å²) in [7, 11) is 1.50. The Morgan fingerprint density at radius 1 is 1.00 bits per heavy atom. The molecule has 0 aromatic heterocycles. The number of likely N-dealkylation sites (tertiary alicyclic amines) is 1. The minimum Gasteiger partial charge on any atom is -0.469 e. The van der Waals surface area contributed by atoms with E-state index in [1.54, 1.807) is 6.07 Å². The number of methoxy groups -OCH3 is 1. The van der Waals surface area contributed by atoms with Crippen LogP contribution >= 0.6 is 23.2 Å². The van der Waals surface area contributed by atoms with Crippen LogP contribution < -0.4 is 0 Å². The fourth-order valence-corrected chi connectivity index (χ4v) is 6.45. The van der Waals surface area contributed by atoms with Crippen molar-refractivity contribution < 1.29 is 9.53 Å². The SMILES string of the molecule is COC(=O)C12CN(Cc3ccccc3)CC1C(c1ccc(Cl)cc1Cl)=CCC2c1ccccc1. The second-order valence-electron chi connectivity index (χ2n) is 9.22. The normalized spacial score (nSPS) is 24.4. The van der Waals surface area contributed by atoms with Gasteiger partial charge in [-0.1, -0.05) is 96.0 Å². The summed E-state index contributed by atoms with van der Waals surface area (Å²) >= 11 is 12.9. The summed E-state index contributed by atoms with van der Waals surface area (Å²) in [5.74, 6) is -0.194. The highest BCUT2D eigenvalue weighted by molar-refractivity contribution is 6.35. The smallest absolute Gasteiger partial charge is 0.314 e. The van der Waals surface area contributed by atoms with Gasteiger partial charge in [-0.25, -0.2) is 0 Å². The quantitative estimate of drug-likeness (QED) is 0.365. The van der Waals surface area contributed by atoms with Crippen LogP contribution in [0.4, 0.5) is 0 Å². The highest BCUT2D eigenvalue weighted by Crippen LogP contribution is 2.58. The van der Waals surface area contributed by atoms with E-state index in [9.17, 15) is 4.79 Å². The lowest BCUT2D eigenvalue weighted by molar-refractivity contribution is -0.155. The van der Waals surface area contributed by atoms with E-state index in [0.29, 0.717) is 16.6 Å². The molecule has 2 aliphatic rings. The van der Waals surface area contributed by atoms with Crippen molar-refractivity contribution in [1.29, 1.82) is 0 Å². The topological polar surface area (TPSA) is 29.5 Å². The summed E-state index contributed by atoms with van der Waals surface area (Å²) < 4.78 is 5.53. The fourth-order valence-electron chi connectivity index (χ4n) is 5.93. The van der Waals surface area contributed by atoms with Gasteiger partial charge in [0.05, 0.1) is 12.5 Å². The van der Waals surface area contributed by atoms with Gasteiger partial charge < -0.3 is 4.74 Å². The summed E-state index contributed by atoms with van der Waals surface area (Å²) in [6.07, 6.45) is 3.01. The molecule has 0 bridgehead atoms. The lowest BCUT2D eigenvalue weighted by atomic mass is 9.59. The van der Waals surface area contributed by atoms with Crippen LogP contribution in [0.15, 0.2) is 84.9 Å². The molecule has 5 rings (SSSR count). The van der Waals surface area contributed by atoms with Gasteiger partial charge in [0.2, 0.25) is 0 Å². The number of hydrogen-bond donors (Lipinski definition) is 0. The standard InChI is InChI=1S/C29H27Cl2NO2/c1-34-28(33)29-19-32(17-20-8-4-2-5-9-20)18-26(29)23(24-13-12-22(30)16-27(24)31)14-15-25(29)21-10-6-3-7-11-21/h2-14,16,25-26H,15,17-19H2,1H3. The summed E-state index contributed by atoms with van der Waals surface area (Å²) in [5.41, 5.74) is 3.73. The zero-order chi connectivity index (χ0) is 23.7. The zero-order valence-electron chi connectivity index (χ0n) is 19.1. The van der Waals surface area contributed by atoms with Gasteiger partial charge in [-0.3, -0.25) is 9.69 Å². The maximum atomic E-state index is 13.7. The Bertz CT molecular complexity index is 1210. The van der Waals surface area contributed by atoms with E-state index in [1.165, 1.54) is 12.7 Å². The van der Waals surface area contributed by atoms with Crippen LogP contribution in [0.3, 0.4) is 0 Å². The van der Waals surface area contributed by atoms with Crippen molar-refractivity contribution >= 4 is 34.7 Å². The Kier molecular flexibility index (Phi) is 6.52. The average Bonchev–Trinajstić information content (AvgIpc) is 3.24. The van der Waals surface area contributed by atoms with Crippen LogP contribution in [-0.4, -0.2) is 31.1 Å². The predicted octanol–water partition coefficient (Wildman–Crippen LogP) is 6.86. The third kappa shape index (κ3) is 4.07. The molecule has 5 heteroatoms. The Balaban J connectivity index is 1.63. The minimum absolute atomic E-state index is 0.0155. The lowest BCUT2D eigenvalue weighted by Crippen LogP contribution is -2.47. The van der Waals surface area contributed by atoms with Gasteiger partial charge in [0.1, 0.15) is 0 Å². The molecule has 0 saturated carbocycles. The molecule has 1 saturated heterocycles. The largest absolute Gasteiger partial charge is 0.469 e. The van der Waals surface area contributed by atoms with Gasteiger partial charge in [0.25, 0.3) is 0 Å². The van der Waals surface area contributed by atoms with E-state index in [2.05, 4.69) is 47.4 Å². The van der Waals surface area contributed by atoms with Crippen molar-refractivity contribution in [2.75, 3.05) is 20.2 Å². The van der Waals surface area contributed by atoms with Crippen LogP contribution in [0.25, 0.3) is 5.57 Å². The van der Waals surface area contributed by atoms with Crippen LogP contribution in [0.2, 0.25) is 10.0 Å². The minimum atomic E-state index is -0.710. The predicted molar refractivity (Wildman–Crippen MR) is 138 cm³/mol. The van der Waals surface area contributed by atoms with E-state index in [4.69, 9.17) is 27.9 Å². The number of allylic oxidation sites excluding steroid dienone is 1. The first-order valence-corrected chi connectivity index (χ1v) is 12.3. The number of ether oxygens (including phenoxy) is 1. The Morgan fingerprint density at radius 2 is 1.71 bits per heavy atom. The summed E-state index contributed by atoms with van der Waals surface area (Å²) in [5, 5.41) is 1.21. The molecule has 3 unspecified atom stereocenters. The molecule has 34 heavy (non-hydrogen) atoms. The van der Waals surface area contributed by atoms with Crippen molar-refractivity contribution in [1.82, 2.24) is 4.90 Å². The molecule has 174 valence electrons. The monoisotopic (exact) mass is 491 g/mol. The Labute approximate surface area is 211 Å². The zero-order valence-corrected chi connectivity index (χ0v) is 20.6. The molecule has 0 spiro atoms. The molecule has 3 aromatic carbocycles. The van der Waals surface area contributed by atoms with Gasteiger partial charge in [-0.05, 0) is 40.8 Å². The molecule has 3 atom stereocenters. The van der Waals surface area contributed by atoms with E-state index in [0.717, 1.165) is 36.2 Å². The molecular weight excluding hydrogens is 465 g/mol. The first-order valence-electron chi connectivity index (χ1n) is 11.6. The van der Waals surface area contributed by atoms with E-state index < -0.39 is 5.41 Å². The second kappa shape index (κ2) is 9.58. The second-order valence-corrected chi connectivity index (χ2v) is 10.1. The number of rotatable bonds is 5. The van der Waals surface area contributed by atoms with Gasteiger partial charge >= 0.3 is 5.97 Å². The van der Waals surface area contributed by atoms with Crippen molar-refractivity contribution in [3.8, 4) is 0 Å². The maximum absolute atomic E-state index is 13.7. The molecule has 0 amide bonds. The number of carbonyl (C=O) groups excluding carboxylic acids is 1. The average molecular weight is 492 g/mol. The number of hydrogen-bond acceptors (Lipinski definition) is 3. The molecule has 1 heterocycles. The first kappa shape index (κ1) is 23.2. The maximum Gasteiger partial charge on any atom is 0.314 e. The van der Waals surface area contributed by atoms with Gasteiger partial charge in [-0.2, -0.15) is 0 Å². The number of esters is 1. The van der Waals surface area contributed by atoms with E-state index >= 15 is 0 Å². The molecule has 1 aliphatic heterocycles.